The largest absolute Gasteiger partial charge is 0.461 e. The Morgan fingerprint density at radius 1 is 1.53 bits per heavy atom. The zero-order valence-electron chi connectivity index (χ0n) is 9.36. The fourth-order valence-corrected chi connectivity index (χ4v) is 0.865. The molecule has 0 bridgehead atoms. The van der Waals surface area contributed by atoms with Gasteiger partial charge in [-0.1, -0.05) is 0 Å². The van der Waals surface area contributed by atoms with Crippen molar-refractivity contribution in [2.45, 2.75) is 33.3 Å². The van der Waals surface area contributed by atoms with E-state index in [2.05, 4.69) is 4.98 Å². The van der Waals surface area contributed by atoms with Crippen LogP contribution in [0.5, 0.6) is 6.08 Å². The lowest BCUT2D eigenvalue weighted by molar-refractivity contribution is 0.0517. The van der Waals surface area contributed by atoms with Gasteiger partial charge in [0.15, 0.2) is 5.69 Å². The van der Waals surface area contributed by atoms with Gasteiger partial charge in [-0.05, 0) is 27.7 Å². The molecule has 0 unspecified atom stereocenters. The molecule has 0 fully saturated rings. The molecule has 0 amide bonds. The van der Waals surface area contributed by atoms with Gasteiger partial charge in [0.25, 0.3) is 0 Å². The third-order valence-electron chi connectivity index (χ3n) is 1.36. The summed E-state index contributed by atoms with van der Waals surface area (Å²) in [4.78, 5) is 15.1. The molecule has 1 rings (SSSR count). The van der Waals surface area contributed by atoms with E-state index in [1.54, 1.807) is 6.92 Å². The van der Waals surface area contributed by atoms with E-state index in [0.717, 1.165) is 0 Å². The second kappa shape index (κ2) is 4.33. The van der Waals surface area contributed by atoms with Crippen LogP contribution in [0.4, 0.5) is 0 Å². The van der Waals surface area contributed by atoms with Crippen molar-refractivity contribution < 1.29 is 18.7 Å². The van der Waals surface area contributed by atoms with Gasteiger partial charge in [-0.15, -0.1) is 0 Å². The highest BCUT2D eigenvalue weighted by Gasteiger charge is 2.18. The van der Waals surface area contributed by atoms with Gasteiger partial charge < -0.3 is 13.9 Å². The molecule has 5 heteroatoms. The van der Waals surface area contributed by atoms with Crippen LogP contribution in [0.3, 0.4) is 0 Å². The molecule has 1 aromatic heterocycles. The lowest BCUT2D eigenvalue weighted by Gasteiger charge is -2.17. The lowest BCUT2D eigenvalue weighted by Crippen LogP contribution is -2.23. The van der Waals surface area contributed by atoms with Gasteiger partial charge in [-0.3, -0.25) is 0 Å². The van der Waals surface area contributed by atoms with Crippen molar-refractivity contribution in [1.82, 2.24) is 4.98 Å². The first-order valence-corrected chi connectivity index (χ1v) is 4.74. The predicted octanol–water partition coefficient (Wildman–Crippen LogP) is 2.03. The van der Waals surface area contributed by atoms with Gasteiger partial charge in [0, 0.05) is 0 Å². The smallest absolute Gasteiger partial charge is 0.394 e. The molecule has 0 saturated carbocycles. The Morgan fingerprint density at radius 3 is 2.73 bits per heavy atom. The maximum Gasteiger partial charge on any atom is 0.394 e. The van der Waals surface area contributed by atoms with Crippen LogP contribution in [0, 0.1) is 0 Å². The van der Waals surface area contributed by atoms with Crippen molar-refractivity contribution >= 4 is 5.97 Å². The number of nitrogens with zero attached hydrogens (tertiary/aromatic N) is 1. The van der Waals surface area contributed by atoms with E-state index in [1.807, 2.05) is 20.8 Å². The van der Waals surface area contributed by atoms with Crippen LogP contribution in [0.2, 0.25) is 0 Å². The van der Waals surface area contributed by atoms with Crippen LogP contribution < -0.4 is 4.74 Å². The van der Waals surface area contributed by atoms with Gasteiger partial charge >= 0.3 is 12.0 Å². The average molecular weight is 213 g/mol. The second-order valence-electron chi connectivity index (χ2n) is 3.93. The lowest BCUT2D eigenvalue weighted by atomic mass is 10.2. The van der Waals surface area contributed by atoms with E-state index in [4.69, 9.17) is 13.9 Å². The molecule has 0 aromatic carbocycles. The van der Waals surface area contributed by atoms with Crippen LogP contribution in [-0.2, 0) is 4.74 Å². The summed E-state index contributed by atoms with van der Waals surface area (Å²) in [5, 5.41) is 0. The normalized spacial score (nSPS) is 11.2. The van der Waals surface area contributed by atoms with Gasteiger partial charge in [0.05, 0.1) is 6.61 Å². The Bertz CT molecular complexity index is 337. The number of hydrogen-bond donors (Lipinski definition) is 0. The van der Waals surface area contributed by atoms with Crippen molar-refractivity contribution in [2.24, 2.45) is 0 Å². The molecule has 0 atom stereocenters. The summed E-state index contributed by atoms with van der Waals surface area (Å²) in [7, 11) is 0. The van der Waals surface area contributed by atoms with E-state index >= 15 is 0 Å². The minimum atomic E-state index is -0.509. The molecule has 0 N–H and O–H groups in total. The van der Waals surface area contributed by atoms with Crippen molar-refractivity contribution in [3.8, 4) is 6.08 Å². The number of esters is 1. The van der Waals surface area contributed by atoms with E-state index < -0.39 is 11.6 Å². The number of hydrogen-bond acceptors (Lipinski definition) is 5. The van der Waals surface area contributed by atoms with Gasteiger partial charge in [-0.25, -0.2) is 4.79 Å². The highest BCUT2D eigenvalue weighted by molar-refractivity contribution is 5.86. The molecule has 0 aliphatic heterocycles. The summed E-state index contributed by atoms with van der Waals surface area (Å²) < 4.78 is 15.1. The molecule has 0 aliphatic carbocycles. The zero-order chi connectivity index (χ0) is 11.5. The molecular formula is C10H15NO4. The molecule has 0 spiro atoms. The SMILES string of the molecule is CCOC(=O)c1coc(OC(C)(C)C)n1. The molecule has 0 aliphatic rings. The van der Waals surface area contributed by atoms with E-state index in [0.29, 0.717) is 6.61 Å². The highest BCUT2D eigenvalue weighted by Crippen LogP contribution is 2.17. The molecule has 0 radical (unpaired) electrons. The molecule has 84 valence electrons. The average Bonchev–Trinajstić information content (AvgIpc) is 2.50. The highest BCUT2D eigenvalue weighted by atomic mass is 16.6. The third-order valence-corrected chi connectivity index (χ3v) is 1.36. The first-order chi connectivity index (χ1) is 6.92. The van der Waals surface area contributed by atoms with Crippen LogP contribution in [0.15, 0.2) is 10.7 Å². The van der Waals surface area contributed by atoms with E-state index in [1.165, 1.54) is 6.26 Å². The maximum atomic E-state index is 11.2. The third kappa shape index (κ3) is 3.61. The fraction of sp³-hybridized carbons (Fsp3) is 0.600. The molecule has 0 saturated heterocycles. The number of oxazole rings is 1. The van der Waals surface area contributed by atoms with Crippen LogP contribution in [0.25, 0.3) is 0 Å². The number of aromatic nitrogens is 1. The molecule has 1 heterocycles. The first-order valence-electron chi connectivity index (χ1n) is 4.74. The van der Waals surface area contributed by atoms with E-state index in [9.17, 15) is 4.79 Å². The minimum absolute atomic E-state index is 0.0746. The first kappa shape index (κ1) is 11.6. The minimum Gasteiger partial charge on any atom is -0.461 e. The standard InChI is InChI=1S/C10H15NO4/c1-5-13-8(12)7-6-14-9(11-7)15-10(2,3)4/h6H,5H2,1-4H3. The van der Waals surface area contributed by atoms with Crippen LogP contribution >= 0.6 is 0 Å². The maximum absolute atomic E-state index is 11.2. The Balaban J connectivity index is 2.68. The molecule has 5 nitrogen and oxygen atoms in total. The number of rotatable bonds is 3. The van der Waals surface area contributed by atoms with Crippen molar-refractivity contribution in [1.29, 1.82) is 0 Å². The van der Waals surface area contributed by atoms with Crippen LogP contribution in [-0.4, -0.2) is 23.2 Å². The van der Waals surface area contributed by atoms with Gasteiger partial charge in [0.1, 0.15) is 11.9 Å². The summed E-state index contributed by atoms with van der Waals surface area (Å²) in [6, 6.07) is 0. The summed E-state index contributed by atoms with van der Waals surface area (Å²) in [5.74, 6) is -0.509. The fourth-order valence-electron chi connectivity index (χ4n) is 0.865. The zero-order valence-corrected chi connectivity index (χ0v) is 9.36. The summed E-state index contributed by atoms with van der Waals surface area (Å²) in [6.45, 7) is 7.62. The Kier molecular flexibility index (Phi) is 3.34. The van der Waals surface area contributed by atoms with Crippen LogP contribution in [0.1, 0.15) is 38.2 Å². The number of carbonyl (C=O) groups excluding carboxylic acids is 1. The summed E-state index contributed by atoms with van der Waals surface area (Å²) in [6.07, 6.45) is 1.30. The van der Waals surface area contributed by atoms with Gasteiger partial charge in [0.2, 0.25) is 0 Å². The monoisotopic (exact) mass is 213 g/mol. The quantitative estimate of drug-likeness (QED) is 0.719. The second-order valence-corrected chi connectivity index (χ2v) is 3.93. The molecule has 15 heavy (non-hydrogen) atoms. The summed E-state index contributed by atoms with van der Waals surface area (Å²) >= 11 is 0. The van der Waals surface area contributed by atoms with Crippen molar-refractivity contribution in [3.63, 3.8) is 0 Å². The Hall–Kier alpha value is -1.52. The molecular weight excluding hydrogens is 198 g/mol. The number of carbonyl (C=O) groups is 1. The summed E-state index contributed by atoms with van der Waals surface area (Å²) in [5.41, 5.74) is -0.285. The Morgan fingerprint density at radius 2 is 2.20 bits per heavy atom. The van der Waals surface area contributed by atoms with Crippen molar-refractivity contribution in [3.05, 3.63) is 12.0 Å². The van der Waals surface area contributed by atoms with Gasteiger partial charge in [-0.2, -0.15) is 4.98 Å². The molecule has 1 aromatic rings. The predicted molar refractivity (Wildman–Crippen MR) is 52.8 cm³/mol. The number of ether oxygens (including phenoxy) is 2. The Labute approximate surface area is 88.4 Å². The van der Waals surface area contributed by atoms with E-state index in [-0.39, 0.29) is 11.8 Å². The topological polar surface area (TPSA) is 61.6 Å². The van der Waals surface area contributed by atoms with Crippen molar-refractivity contribution in [2.75, 3.05) is 6.61 Å².